The molecule has 0 aliphatic carbocycles. The first-order valence-corrected chi connectivity index (χ1v) is 22.4. The molecule has 0 N–H and O–H groups in total. The van der Waals surface area contributed by atoms with Gasteiger partial charge < -0.3 is 14.2 Å². The topological polar surface area (TPSA) is 78.9 Å². The zero-order valence-corrected chi connectivity index (χ0v) is 34.6. The van der Waals surface area contributed by atoms with E-state index in [-0.39, 0.29) is 31.1 Å². The first-order chi connectivity index (χ1) is 24.9. The van der Waals surface area contributed by atoms with Gasteiger partial charge in [0, 0.05) is 19.3 Å². The molecule has 302 valence electrons. The van der Waals surface area contributed by atoms with Crippen LogP contribution in [0, 0.1) is 5.92 Å². The predicted molar refractivity (Wildman–Crippen MR) is 215 cm³/mol. The fraction of sp³-hybridized carbons (Fsp3) is 0.933. The molecule has 0 aliphatic rings. The summed E-state index contributed by atoms with van der Waals surface area (Å²) in [6.07, 6.45) is 37.9. The van der Waals surface area contributed by atoms with Gasteiger partial charge >= 0.3 is 17.9 Å². The van der Waals surface area contributed by atoms with E-state index < -0.39 is 6.10 Å². The summed E-state index contributed by atoms with van der Waals surface area (Å²) in [4.78, 5) is 37.6. The number of hydrogen-bond donors (Lipinski definition) is 0. The maximum atomic E-state index is 12.7. The van der Waals surface area contributed by atoms with E-state index in [1.165, 1.54) is 141 Å². The van der Waals surface area contributed by atoms with Crippen LogP contribution in [0.25, 0.3) is 0 Å². The van der Waals surface area contributed by atoms with E-state index in [0.717, 1.165) is 63.7 Å². The minimum atomic E-state index is -0.759. The second kappa shape index (κ2) is 39.6. The molecule has 2 atom stereocenters. The molecule has 51 heavy (non-hydrogen) atoms. The summed E-state index contributed by atoms with van der Waals surface area (Å²) in [7, 11) is 0. The Kier molecular flexibility index (Phi) is 38.4. The van der Waals surface area contributed by atoms with Crippen molar-refractivity contribution in [3.8, 4) is 0 Å². The molecule has 0 rings (SSSR count). The third-order valence-corrected chi connectivity index (χ3v) is 10.4. The summed E-state index contributed by atoms with van der Waals surface area (Å²) in [5, 5.41) is 0. The normalized spacial score (nSPS) is 12.5. The third kappa shape index (κ3) is 38.0. The molecule has 0 saturated heterocycles. The molecule has 1 unspecified atom stereocenters. The number of unbranched alkanes of at least 4 members (excludes halogenated alkanes) is 26. The number of hydrogen-bond acceptors (Lipinski definition) is 6. The molecule has 0 aromatic carbocycles. The molecule has 0 aliphatic heterocycles. The Bertz CT molecular complexity index is 768. The number of carbonyl (C=O) groups excluding carboxylic acids is 3. The van der Waals surface area contributed by atoms with Crippen molar-refractivity contribution in [3.63, 3.8) is 0 Å². The second-order valence-electron chi connectivity index (χ2n) is 15.6. The summed E-state index contributed by atoms with van der Waals surface area (Å²) < 4.78 is 16.7. The average Bonchev–Trinajstić information content (AvgIpc) is 3.13. The average molecular weight is 723 g/mol. The lowest BCUT2D eigenvalue weighted by atomic mass is 10.00. The van der Waals surface area contributed by atoms with Gasteiger partial charge in [0.1, 0.15) is 13.2 Å². The van der Waals surface area contributed by atoms with Crippen molar-refractivity contribution < 1.29 is 28.6 Å². The van der Waals surface area contributed by atoms with Crippen LogP contribution in [0.5, 0.6) is 0 Å². The number of rotatable bonds is 40. The Morgan fingerprint density at radius 3 is 1.02 bits per heavy atom. The highest BCUT2D eigenvalue weighted by molar-refractivity contribution is 5.71. The van der Waals surface area contributed by atoms with Crippen molar-refractivity contribution in [2.45, 2.75) is 252 Å². The molecule has 0 aromatic rings. The molecule has 0 amide bonds. The standard InChI is InChI=1S/C45H86O6/c1-5-8-10-12-14-16-18-20-22-24-30-34-38-45(48)51-42(40-50-44(47)37-33-29-26-25-27-31-35-41(4)7-3)39-49-43(46)36-32-28-23-21-19-17-15-13-11-9-6-2/h41-42H,5-40H2,1-4H3/t41?,42-/m1/s1. The van der Waals surface area contributed by atoms with E-state index in [4.69, 9.17) is 14.2 Å². The summed E-state index contributed by atoms with van der Waals surface area (Å²) in [5.41, 5.74) is 0. The fourth-order valence-corrected chi connectivity index (χ4v) is 6.59. The van der Waals surface area contributed by atoms with E-state index in [0.29, 0.717) is 19.3 Å². The summed E-state index contributed by atoms with van der Waals surface area (Å²) in [6.45, 7) is 8.95. The molecule has 0 heterocycles. The van der Waals surface area contributed by atoms with Gasteiger partial charge in [-0.1, -0.05) is 207 Å². The van der Waals surface area contributed by atoms with Gasteiger partial charge in [-0.05, 0) is 25.2 Å². The highest BCUT2D eigenvalue weighted by Crippen LogP contribution is 2.16. The monoisotopic (exact) mass is 723 g/mol. The highest BCUT2D eigenvalue weighted by Gasteiger charge is 2.19. The Balaban J connectivity index is 4.35. The summed E-state index contributed by atoms with van der Waals surface area (Å²) >= 11 is 0. The minimum Gasteiger partial charge on any atom is -0.462 e. The number of ether oxygens (including phenoxy) is 3. The fourth-order valence-electron chi connectivity index (χ4n) is 6.59. The Hall–Kier alpha value is -1.59. The number of esters is 3. The van der Waals surface area contributed by atoms with E-state index >= 15 is 0 Å². The second-order valence-corrected chi connectivity index (χ2v) is 15.6. The molecule has 0 spiro atoms. The van der Waals surface area contributed by atoms with Crippen molar-refractivity contribution >= 4 is 17.9 Å². The van der Waals surface area contributed by atoms with Crippen molar-refractivity contribution in [1.29, 1.82) is 0 Å². The van der Waals surface area contributed by atoms with Crippen LogP contribution in [0.1, 0.15) is 246 Å². The van der Waals surface area contributed by atoms with Crippen LogP contribution < -0.4 is 0 Å². The van der Waals surface area contributed by atoms with Crippen LogP contribution in [0.4, 0.5) is 0 Å². The zero-order valence-electron chi connectivity index (χ0n) is 34.6. The van der Waals surface area contributed by atoms with Gasteiger partial charge in [0.2, 0.25) is 0 Å². The van der Waals surface area contributed by atoms with E-state index in [1.54, 1.807) is 0 Å². The molecule has 0 aromatic heterocycles. The van der Waals surface area contributed by atoms with Gasteiger partial charge in [-0.25, -0.2) is 0 Å². The molecule has 0 radical (unpaired) electrons. The molecular weight excluding hydrogens is 636 g/mol. The lowest BCUT2D eigenvalue weighted by Crippen LogP contribution is -2.30. The maximum Gasteiger partial charge on any atom is 0.306 e. The van der Waals surface area contributed by atoms with E-state index in [2.05, 4.69) is 27.7 Å². The Labute approximate surface area is 317 Å². The van der Waals surface area contributed by atoms with Gasteiger partial charge in [-0.15, -0.1) is 0 Å². The Morgan fingerprint density at radius 1 is 0.392 bits per heavy atom. The maximum absolute atomic E-state index is 12.7. The lowest BCUT2D eigenvalue weighted by molar-refractivity contribution is -0.167. The van der Waals surface area contributed by atoms with E-state index in [9.17, 15) is 14.4 Å². The predicted octanol–water partition coefficient (Wildman–Crippen LogP) is 13.9. The van der Waals surface area contributed by atoms with Crippen LogP contribution in [-0.4, -0.2) is 37.2 Å². The summed E-state index contributed by atoms with van der Waals surface area (Å²) in [6, 6.07) is 0. The van der Waals surface area contributed by atoms with Crippen molar-refractivity contribution in [2.24, 2.45) is 5.92 Å². The van der Waals surface area contributed by atoms with Crippen molar-refractivity contribution in [2.75, 3.05) is 13.2 Å². The summed E-state index contributed by atoms with van der Waals surface area (Å²) in [5.74, 6) is -0.0440. The molecule has 6 nitrogen and oxygen atoms in total. The molecule has 0 saturated carbocycles. The highest BCUT2D eigenvalue weighted by atomic mass is 16.6. The zero-order chi connectivity index (χ0) is 37.5. The van der Waals surface area contributed by atoms with Crippen LogP contribution in [0.15, 0.2) is 0 Å². The first kappa shape index (κ1) is 49.4. The largest absolute Gasteiger partial charge is 0.462 e. The van der Waals surface area contributed by atoms with Gasteiger partial charge in [0.05, 0.1) is 0 Å². The van der Waals surface area contributed by atoms with Gasteiger partial charge in [-0.3, -0.25) is 14.4 Å². The Morgan fingerprint density at radius 2 is 0.686 bits per heavy atom. The van der Waals surface area contributed by atoms with Crippen LogP contribution in [0.3, 0.4) is 0 Å². The minimum absolute atomic E-state index is 0.0645. The SMILES string of the molecule is CCCCCCCCCCCCCCC(=O)O[C@H](COC(=O)CCCCCCCCCCCCC)COC(=O)CCCCCCCCC(C)CC. The van der Waals surface area contributed by atoms with Gasteiger partial charge in [0.25, 0.3) is 0 Å². The third-order valence-electron chi connectivity index (χ3n) is 10.4. The van der Waals surface area contributed by atoms with Crippen molar-refractivity contribution in [1.82, 2.24) is 0 Å². The van der Waals surface area contributed by atoms with Crippen LogP contribution in [0.2, 0.25) is 0 Å². The van der Waals surface area contributed by atoms with Gasteiger partial charge in [0.15, 0.2) is 6.10 Å². The first-order valence-electron chi connectivity index (χ1n) is 22.4. The van der Waals surface area contributed by atoms with Gasteiger partial charge in [-0.2, -0.15) is 0 Å². The molecular formula is C45H86O6. The quantitative estimate of drug-likeness (QED) is 0.0356. The molecule has 6 heteroatoms. The van der Waals surface area contributed by atoms with E-state index in [1.807, 2.05) is 0 Å². The van der Waals surface area contributed by atoms with Crippen LogP contribution >= 0.6 is 0 Å². The number of carbonyl (C=O) groups is 3. The van der Waals surface area contributed by atoms with Crippen molar-refractivity contribution in [3.05, 3.63) is 0 Å². The smallest absolute Gasteiger partial charge is 0.306 e. The molecule has 0 bridgehead atoms. The molecule has 0 fully saturated rings. The van der Waals surface area contributed by atoms with Crippen LogP contribution in [-0.2, 0) is 28.6 Å². The lowest BCUT2D eigenvalue weighted by Gasteiger charge is -2.18.